The van der Waals surface area contributed by atoms with Crippen molar-refractivity contribution >= 4 is 5.91 Å². The number of amides is 1. The van der Waals surface area contributed by atoms with Gasteiger partial charge in [-0.15, -0.1) is 0 Å². The van der Waals surface area contributed by atoms with Gasteiger partial charge in [-0.05, 0) is 62.9 Å². The predicted octanol–water partition coefficient (Wildman–Crippen LogP) is 6.04. The van der Waals surface area contributed by atoms with Crippen LogP contribution in [0.15, 0.2) is 42.5 Å². The quantitative estimate of drug-likeness (QED) is 0.539. The molecule has 1 saturated heterocycles. The van der Waals surface area contributed by atoms with E-state index in [0.717, 1.165) is 52.9 Å². The standard InChI is InChI=1S/C25H26F3N3O/c1-15-11-16(2)23(17(3)12-15)24(32)31-9-7-18(8-10-31)21-14-22(30-29-21)19-5-4-6-20(13-19)25(26,27)28/h4-6,11-14,18H,7-10H2,1-3H3,(H,29,30). The molecule has 4 rings (SSSR count). The maximum absolute atomic E-state index is 13.1. The number of aromatic nitrogens is 2. The average molecular weight is 441 g/mol. The van der Waals surface area contributed by atoms with E-state index >= 15 is 0 Å². The van der Waals surface area contributed by atoms with Gasteiger partial charge in [0.1, 0.15) is 0 Å². The molecule has 1 N–H and O–H groups in total. The van der Waals surface area contributed by atoms with Crippen LogP contribution in [0, 0.1) is 20.8 Å². The van der Waals surface area contributed by atoms with Crippen molar-refractivity contribution in [3.63, 3.8) is 0 Å². The number of aryl methyl sites for hydroxylation is 3. The van der Waals surface area contributed by atoms with Crippen LogP contribution in [0.4, 0.5) is 13.2 Å². The molecule has 2 aromatic carbocycles. The molecule has 0 radical (unpaired) electrons. The molecule has 3 aromatic rings. The fraction of sp³-hybridized carbons (Fsp3) is 0.360. The second-order valence-corrected chi connectivity index (χ2v) is 8.63. The van der Waals surface area contributed by atoms with Gasteiger partial charge in [0.2, 0.25) is 0 Å². The zero-order valence-electron chi connectivity index (χ0n) is 18.4. The zero-order chi connectivity index (χ0) is 23.0. The van der Waals surface area contributed by atoms with Crippen LogP contribution >= 0.6 is 0 Å². The Morgan fingerprint density at radius 2 is 1.69 bits per heavy atom. The number of hydrogen-bond acceptors (Lipinski definition) is 2. The van der Waals surface area contributed by atoms with Gasteiger partial charge >= 0.3 is 6.18 Å². The number of alkyl halides is 3. The number of nitrogens with zero attached hydrogens (tertiary/aromatic N) is 2. The zero-order valence-corrected chi connectivity index (χ0v) is 18.4. The van der Waals surface area contributed by atoms with Crippen LogP contribution < -0.4 is 0 Å². The van der Waals surface area contributed by atoms with E-state index in [4.69, 9.17) is 0 Å². The van der Waals surface area contributed by atoms with Crippen molar-refractivity contribution in [3.8, 4) is 11.3 Å². The van der Waals surface area contributed by atoms with E-state index in [-0.39, 0.29) is 11.8 Å². The number of rotatable bonds is 3. The minimum atomic E-state index is -4.39. The van der Waals surface area contributed by atoms with Crippen LogP contribution in [0.3, 0.4) is 0 Å². The van der Waals surface area contributed by atoms with Gasteiger partial charge in [0.05, 0.1) is 11.3 Å². The van der Waals surface area contributed by atoms with Gasteiger partial charge < -0.3 is 4.90 Å². The summed E-state index contributed by atoms with van der Waals surface area (Å²) in [5.74, 6) is 0.249. The largest absolute Gasteiger partial charge is 0.416 e. The molecule has 2 heterocycles. The number of likely N-dealkylation sites (tertiary alicyclic amines) is 1. The molecule has 1 aliphatic rings. The lowest BCUT2D eigenvalue weighted by Crippen LogP contribution is -2.38. The summed E-state index contributed by atoms with van der Waals surface area (Å²) in [6.45, 7) is 7.24. The molecule has 32 heavy (non-hydrogen) atoms. The van der Waals surface area contributed by atoms with Crippen molar-refractivity contribution < 1.29 is 18.0 Å². The summed E-state index contributed by atoms with van der Waals surface area (Å²) in [5.41, 5.74) is 5.05. The Kier molecular flexibility index (Phi) is 5.84. The van der Waals surface area contributed by atoms with Gasteiger partial charge in [-0.3, -0.25) is 9.89 Å². The number of aromatic amines is 1. The van der Waals surface area contributed by atoms with Gasteiger partial charge in [0, 0.05) is 35.8 Å². The maximum atomic E-state index is 13.1. The first kappa shape index (κ1) is 22.1. The van der Waals surface area contributed by atoms with Crippen LogP contribution in [-0.4, -0.2) is 34.1 Å². The molecule has 168 valence electrons. The van der Waals surface area contributed by atoms with E-state index < -0.39 is 11.7 Å². The van der Waals surface area contributed by atoms with Crippen molar-refractivity contribution in [2.24, 2.45) is 0 Å². The van der Waals surface area contributed by atoms with E-state index in [1.54, 1.807) is 6.07 Å². The smallest absolute Gasteiger partial charge is 0.339 e. The Morgan fingerprint density at radius 3 is 2.31 bits per heavy atom. The molecular weight excluding hydrogens is 415 g/mol. The Balaban J connectivity index is 1.45. The molecule has 1 fully saturated rings. The van der Waals surface area contributed by atoms with Crippen LogP contribution in [0.5, 0.6) is 0 Å². The highest BCUT2D eigenvalue weighted by Crippen LogP contribution is 2.34. The van der Waals surface area contributed by atoms with Crippen LogP contribution in [0.25, 0.3) is 11.3 Å². The van der Waals surface area contributed by atoms with Gasteiger partial charge in [0.15, 0.2) is 0 Å². The highest BCUT2D eigenvalue weighted by atomic mass is 19.4. The average Bonchev–Trinajstić information content (AvgIpc) is 3.23. The molecule has 0 bridgehead atoms. The lowest BCUT2D eigenvalue weighted by Gasteiger charge is -2.32. The van der Waals surface area contributed by atoms with Crippen molar-refractivity contribution in [1.82, 2.24) is 15.1 Å². The second kappa shape index (κ2) is 8.45. The van der Waals surface area contributed by atoms with Gasteiger partial charge in [-0.2, -0.15) is 18.3 Å². The number of H-pyrrole nitrogens is 1. The number of halogens is 3. The van der Waals surface area contributed by atoms with Crippen molar-refractivity contribution in [2.45, 2.75) is 45.7 Å². The molecule has 0 unspecified atom stereocenters. The topological polar surface area (TPSA) is 49.0 Å². The van der Waals surface area contributed by atoms with Gasteiger partial charge in [0.25, 0.3) is 5.91 Å². The fourth-order valence-corrected chi connectivity index (χ4v) is 4.62. The molecule has 0 atom stereocenters. The fourth-order valence-electron chi connectivity index (χ4n) is 4.62. The Bertz CT molecular complexity index is 1120. The number of piperidine rings is 1. The number of benzene rings is 2. The molecule has 4 nitrogen and oxygen atoms in total. The minimum absolute atomic E-state index is 0.0627. The molecule has 1 aliphatic heterocycles. The second-order valence-electron chi connectivity index (χ2n) is 8.63. The van der Waals surface area contributed by atoms with Crippen LogP contribution in [-0.2, 0) is 6.18 Å². The first-order valence-electron chi connectivity index (χ1n) is 10.7. The van der Waals surface area contributed by atoms with Crippen LogP contribution in [0.2, 0.25) is 0 Å². The van der Waals surface area contributed by atoms with Crippen molar-refractivity contribution in [2.75, 3.05) is 13.1 Å². The molecular formula is C25H26F3N3O. The summed E-state index contributed by atoms with van der Waals surface area (Å²) >= 11 is 0. The normalized spacial score (nSPS) is 15.2. The van der Waals surface area contributed by atoms with Crippen molar-refractivity contribution in [3.05, 3.63) is 76.0 Å². The summed E-state index contributed by atoms with van der Waals surface area (Å²) in [6, 6.07) is 11.1. The highest BCUT2D eigenvalue weighted by molar-refractivity contribution is 5.97. The summed E-state index contributed by atoms with van der Waals surface area (Å²) in [6.07, 6.45) is -2.83. The Labute approximate surface area is 185 Å². The predicted molar refractivity (Wildman–Crippen MR) is 118 cm³/mol. The summed E-state index contributed by atoms with van der Waals surface area (Å²) in [5, 5.41) is 7.24. The lowest BCUT2D eigenvalue weighted by atomic mass is 9.91. The van der Waals surface area contributed by atoms with E-state index in [2.05, 4.69) is 10.2 Å². The molecule has 7 heteroatoms. The molecule has 0 saturated carbocycles. The lowest BCUT2D eigenvalue weighted by molar-refractivity contribution is -0.137. The number of carbonyl (C=O) groups excluding carboxylic acids is 1. The van der Waals surface area contributed by atoms with E-state index in [1.807, 2.05) is 43.9 Å². The summed E-state index contributed by atoms with van der Waals surface area (Å²) < 4.78 is 39.0. The number of hydrogen-bond donors (Lipinski definition) is 1. The highest BCUT2D eigenvalue weighted by Gasteiger charge is 2.31. The first-order valence-corrected chi connectivity index (χ1v) is 10.7. The van der Waals surface area contributed by atoms with Gasteiger partial charge in [-0.1, -0.05) is 29.8 Å². The summed E-state index contributed by atoms with van der Waals surface area (Å²) in [4.78, 5) is 15.0. The van der Waals surface area contributed by atoms with E-state index in [0.29, 0.717) is 24.3 Å². The third-order valence-electron chi connectivity index (χ3n) is 6.20. The van der Waals surface area contributed by atoms with Gasteiger partial charge in [-0.25, -0.2) is 0 Å². The summed E-state index contributed by atoms with van der Waals surface area (Å²) in [7, 11) is 0. The molecule has 1 aromatic heterocycles. The third kappa shape index (κ3) is 4.42. The Morgan fingerprint density at radius 1 is 1.03 bits per heavy atom. The monoisotopic (exact) mass is 441 g/mol. The van der Waals surface area contributed by atoms with E-state index in [9.17, 15) is 18.0 Å². The van der Waals surface area contributed by atoms with Crippen LogP contribution in [0.1, 0.15) is 57.1 Å². The number of nitrogens with one attached hydrogen (secondary N) is 1. The molecule has 1 amide bonds. The maximum Gasteiger partial charge on any atom is 0.416 e. The molecule has 0 spiro atoms. The van der Waals surface area contributed by atoms with E-state index in [1.165, 1.54) is 6.07 Å². The molecule has 0 aliphatic carbocycles. The Hall–Kier alpha value is -3.09. The SMILES string of the molecule is Cc1cc(C)c(C(=O)N2CCC(c3cc(-c4cccc(C(F)(F)F)c4)n[nH]3)CC2)c(C)c1. The third-order valence-corrected chi connectivity index (χ3v) is 6.20. The minimum Gasteiger partial charge on any atom is -0.339 e. The first-order chi connectivity index (χ1) is 15.1. The number of carbonyl (C=O) groups is 1. The van der Waals surface area contributed by atoms with Crippen molar-refractivity contribution in [1.29, 1.82) is 0 Å².